The van der Waals surface area contributed by atoms with Gasteiger partial charge in [0.1, 0.15) is 0 Å². The largest absolute Gasteiger partial charge is 0.396 e. The highest BCUT2D eigenvalue weighted by molar-refractivity contribution is 4.65. The van der Waals surface area contributed by atoms with E-state index in [0.717, 1.165) is 24.7 Å². The third-order valence-corrected chi connectivity index (χ3v) is 5.07. The predicted molar refractivity (Wildman–Crippen MR) is 97.0 cm³/mol. The van der Waals surface area contributed by atoms with Gasteiger partial charge in [-0.05, 0) is 36.5 Å². The van der Waals surface area contributed by atoms with Gasteiger partial charge in [-0.3, -0.25) is 0 Å². The first-order valence-electron chi connectivity index (χ1n) is 9.71. The van der Waals surface area contributed by atoms with E-state index >= 15 is 0 Å². The molecule has 2 unspecified atom stereocenters. The van der Waals surface area contributed by atoms with Crippen molar-refractivity contribution in [2.45, 2.75) is 91.9 Å². The summed E-state index contributed by atoms with van der Waals surface area (Å²) in [5, 5.41) is 17.6. The molecule has 2 N–H and O–H groups in total. The van der Waals surface area contributed by atoms with Crippen LogP contribution in [0.3, 0.4) is 0 Å². The first-order chi connectivity index (χ1) is 10.5. The lowest BCUT2D eigenvalue weighted by Gasteiger charge is -2.22. The summed E-state index contributed by atoms with van der Waals surface area (Å²) in [5.41, 5.74) is 0. The summed E-state index contributed by atoms with van der Waals surface area (Å²) < 4.78 is 0. The molecular weight excluding hydrogens is 272 g/mol. The van der Waals surface area contributed by atoms with Gasteiger partial charge < -0.3 is 10.2 Å². The van der Waals surface area contributed by atoms with Crippen LogP contribution in [0.2, 0.25) is 0 Å². The van der Waals surface area contributed by atoms with Crippen LogP contribution < -0.4 is 0 Å². The van der Waals surface area contributed by atoms with Crippen molar-refractivity contribution in [1.29, 1.82) is 0 Å². The molecule has 1 fully saturated rings. The van der Waals surface area contributed by atoms with Crippen LogP contribution >= 0.6 is 0 Å². The van der Waals surface area contributed by atoms with Crippen LogP contribution in [0.4, 0.5) is 0 Å². The number of rotatable bonds is 9. The number of hydrogen-bond donors (Lipinski definition) is 2. The molecule has 0 saturated heterocycles. The van der Waals surface area contributed by atoms with Crippen LogP contribution in [0.1, 0.15) is 91.9 Å². The molecule has 1 aliphatic rings. The maximum atomic E-state index is 8.81. The van der Waals surface area contributed by atoms with E-state index in [1.165, 1.54) is 51.4 Å². The Balaban J connectivity index is 0.000000461. The van der Waals surface area contributed by atoms with Crippen LogP contribution in [0.15, 0.2) is 0 Å². The molecule has 0 aromatic rings. The highest BCUT2D eigenvalue weighted by Gasteiger charge is 2.13. The quantitative estimate of drug-likeness (QED) is 0.558. The van der Waals surface area contributed by atoms with Gasteiger partial charge in [0.15, 0.2) is 0 Å². The first kappa shape index (κ1) is 21.9. The molecule has 134 valence electrons. The van der Waals surface area contributed by atoms with Crippen LogP contribution in [-0.2, 0) is 0 Å². The Morgan fingerprint density at radius 1 is 0.682 bits per heavy atom. The molecule has 1 saturated carbocycles. The van der Waals surface area contributed by atoms with E-state index in [-0.39, 0.29) is 0 Å². The fourth-order valence-corrected chi connectivity index (χ4v) is 2.95. The maximum Gasteiger partial charge on any atom is 0.0456 e. The van der Waals surface area contributed by atoms with Gasteiger partial charge in [-0.15, -0.1) is 0 Å². The number of hydrogen-bond acceptors (Lipinski definition) is 2. The fraction of sp³-hybridized carbons (Fsp3) is 1.00. The molecule has 2 nitrogen and oxygen atoms in total. The van der Waals surface area contributed by atoms with Gasteiger partial charge in [0.25, 0.3) is 0 Å². The average molecular weight is 315 g/mol. The zero-order valence-corrected chi connectivity index (χ0v) is 15.7. The van der Waals surface area contributed by atoms with Gasteiger partial charge in [-0.25, -0.2) is 0 Å². The SMILES string of the molecule is CC(CO)CCCCCCC(C)CO.CC1CCC(C)CC1. The molecule has 0 spiro atoms. The standard InChI is InChI=1S/C12H26O2.C8H16/c1-11(9-13)7-5-3-4-6-8-12(2)10-14;1-7-3-5-8(2)6-4-7/h11-14H,3-10H2,1-2H3;7-8H,3-6H2,1-2H3. The Bertz CT molecular complexity index is 198. The van der Waals surface area contributed by atoms with E-state index < -0.39 is 0 Å². The van der Waals surface area contributed by atoms with Crippen molar-refractivity contribution in [3.8, 4) is 0 Å². The van der Waals surface area contributed by atoms with Crippen molar-refractivity contribution in [3.05, 3.63) is 0 Å². The van der Waals surface area contributed by atoms with Crippen molar-refractivity contribution in [3.63, 3.8) is 0 Å². The fourth-order valence-electron chi connectivity index (χ4n) is 2.95. The summed E-state index contributed by atoms with van der Waals surface area (Å²) in [7, 11) is 0. The van der Waals surface area contributed by atoms with Crippen molar-refractivity contribution < 1.29 is 10.2 Å². The van der Waals surface area contributed by atoms with Crippen LogP contribution in [0.5, 0.6) is 0 Å². The lowest BCUT2D eigenvalue weighted by atomic mass is 9.84. The minimum atomic E-state index is 0.321. The summed E-state index contributed by atoms with van der Waals surface area (Å²) in [6, 6.07) is 0. The average Bonchev–Trinajstić information content (AvgIpc) is 2.53. The Morgan fingerprint density at radius 3 is 1.27 bits per heavy atom. The smallest absolute Gasteiger partial charge is 0.0456 e. The van der Waals surface area contributed by atoms with Crippen LogP contribution in [-0.4, -0.2) is 23.4 Å². The van der Waals surface area contributed by atoms with Gasteiger partial charge in [0, 0.05) is 13.2 Å². The van der Waals surface area contributed by atoms with Crippen molar-refractivity contribution in [1.82, 2.24) is 0 Å². The second-order valence-corrected chi connectivity index (χ2v) is 7.93. The molecule has 1 aliphatic carbocycles. The third kappa shape index (κ3) is 13.6. The number of unbranched alkanes of at least 4 members (excludes halogenated alkanes) is 3. The van der Waals surface area contributed by atoms with Crippen LogP contribution in [0, 0.1) is 23.7 Å². The van der Waals surface area contributed by atoms with E-state index in [1.54, 1.807) is 0 Å². The molecule has 2 heteroatoms. The maximum absolute atomic E-state index is 8.81. The minimum absolute atomic E-state index is 0.321. The monoisotopic (exact) mass is 314 g/mol. The van der Waals surface area contributed by atoms with Crippen molar-refractivity contribution in [2.75, 3.05) is 13.2 Å². The Labute approximate surface area is 139 Å². The summed E-state index contributed by atoms with van der Waals surface area (Å²) in [6.45, 7) is 9.56. The molecule has 0 aromatic carbocycles. The predicted octanol–water partition coefficient (Wildman–Crippen LogP) is 5.42. The van der Waals surface area contributed by atoms with Gasteiger partial charge in [0.05, 0.1) is 0 Å². The molecule has 0 aliphatic heterocycles. The van der Waals surface area contributed by atoms with E-state index in [4.69, 9.17) is 10.2 Å². The van der Waals surface area contributed by atoms with Gasteiger partial charge in [-0.2, -0.15) is 0 Å². The van der Waals surface area contributed by atoms with Crippen molar-refractivity contribution in [2.24, 2.45) is 23.7 Å². The molecular formula is C20H42O2. The highest BCUT2D eigenvalue weighted by atomic mass is 16.3. The zero-order chi connectivity index (χ0) is 16.8. The van der Waals surface area contributed by atoms with Crippen molar-refractivity contribution >= 4 is 0 Å². The Hall–Kier alpha value is -0.0800. The summed E-state index contributed by atoms with van der Waals surface area (Å²) in [4.78, 5) is 0. The summed E-state index contributed by atoms with van der Waals surface area (Å²) in [6.07, 6.45) is 13.2. The number of aliphatic hydroxyl groups excluding tert-OH is 2. The molecule has 2 atom stereocenters. The molecule has 0 aromatic heterocycles. The van der Waals surface area contributed by atoms with Crippen LogP contribution in [0.25, 0.3) is 0 Å². The molecule has 1 rings (SSSR count). The Kier molecular flexibility index (Phi) is 14.5. The first-order valence-corrected chi connectivity index (χ1v) is 9.71. The molecule has 0 bridgehead atoms. The molecule has 22 heavy (non-hydrogen) atoms. The van der Waals surface area contributed by atoms with Gasteiger partial charge in [-0.1, -0.05) is 79.1 Å². The highest BCUT2D eigenvalue weighted by Crippen LogP contribution is 2.27. The third-order valence-electron chi connectivity index (χ3n) is 5.07. The summed E-state index contributed by atoms with van der Waals surface area (Å²) >= 11 is 0. The second kappa shape index (κ2) is 14.5. The van der Waals surface area contributed by atoms with Gasteiger partial charge >= 0.3 is 0 Å². The zero-order valence-electron chi connectivity index (χ0n) is 15.7. The lowest BCUT2D eigenvalue weighted by molar-refractivity contribution is 0.223. The molecule has 0 radical (unpaired) electrons. The normalized spacial score (nSPS) is 24.3. The molecule has 0 heterocycles. The van der Waals surface area contributed by atoms with E-state index in [1.807, 2.05) is 0 Å². The molecule has 0 amide bonds. The topological polar surface area (TPSA) is 40.5 Å². The Morgan fingerprint density at radius 2 is 1.00 bits per heavy atom. The summed E-state index contributed by atoms with van der Waals surface area (Å²) in [5.74, 6) is 2.97. The van der Waals surface area contributed by atoms with E-state index in [2.05, 4.69) is 27.7 Å². The minimum Gasteiger partial charge on any atom is -0.396 e. The van der Waals surface area contributed by atoms with E-state index in [0.29, 0.717) is 25.0 Å². The number of aliphatic hydroxyl groups is 2. The van der Waals surface area contributed by atoms with Gasteiger partial charge in [0.2, 0.25) is 0 Å². The van der Waals surface area contributed by atoms with E-state index in [9.17, 15) is 0 Å². The second-order valence-electron chi connectivity index (χ2n) is 7.93. The lowest BCUT2D eigenvalue weighted by Crippen LogP contribution is -2.08.